The molecular formula is C24H38N8O4S. The van der Waals surface area contributed by atoms with Crippen molar-refractivity contribution in [3.05, 3.63) is 59.7 Å². The number of piperazine rings is 2. The second-order valence-electron chi connectivity index (χ2n) is 8.84. The Morgan fingerprint density at radius 1 is 0.649 bits per heavy atom. The molecule has 8 N–H and O–H groups in total. The van der Waals surface area contributed by atoms with Gasteiger partial charge in [0.2, 0.25) is 0 Å². The highest BCUT2D eigenvalue weighted by Gasteiger charge is 2.18. The maximum Gasteiger partial charge on any atom is 0.394 e. The number of nitrogens with one attached hydrogen (secondary N) is 2. The topological polar surface area (TPSA) is 187 Å². The van der Waals surface area contributed by atoms with Crippen molar-refractivity contribution in [2.75, 3.05) is 62.2 Å². The molecule has 0 spiro atoms. The molecule has 2 aliphatic rings. The maximum absolute atomic E-state index is 8.74. The van der Waals surface area contributed by atoms with Gasteiger partial charge < -0.3 is 31.1 Å². The van der Waals surface area contributed by atoms with E-state index in [1.54, 1.807) is 0 Å². The summed E-state index contributed by atoms with van der Waals surface area (Å²) in [5, 5.41) is 14.7. The van der Waals surface area contributed by atoms with Crippen molar-refractivity contribution in [1.82, 2.24) is 9.80 Å². The third-order valence-electron chi connectivity index (χ3n) is 6.04. The summed E-state index contributed by atoms with van der Waals surface area (Å²) < 4.78 is 31.6. The summed E-state index contributed by atoms with van der Waals surface area (Å²) in [6.07, 6.45) is 0. The van der Waals surface area contributed by atoms with Crippen LogP contribution in [0.5, 0.6) is 0 Å². The number of benzene rings is 2. The molecule has 0 bridgehead atoms. The molecule has 2 heterocycles. The summed E-state index contributed by atoms with van der Waals surface area (Å²) in [5.41, 5.74) is 16.0. The van der Waals surface area contributed by atoms with Gasteiger partial charge >= 0.3 is 10.4 Å². The summed E-state index contributed by atoms with van der Waals surface area (Å²) in [6.45, 7) is 11.3. The third-order valence-corrected chi connectivity index (χ3v) is 6.04. The molecule has 2 aromatic carbocycles. The van der Waals surface area contributed by atoms with Crippen LogP contribution >= 0.6 is 0 Å². The van der Waals surface area contributed by atoms with Gasteiger partial charge in [0.05, 0.1) is 0 Å². The van der Waals surface area contributed by atoms with Crippen LogP contribution in [0.3, 0.4) is 0 Å². The normalized spacial score (nSPS) is 15.7. The Kier molecular flexibility index (Phi) is 11.0. The number of guanidine groups is 2. The average Bonchev–Trinajstić information content (AvgIpc) is 2.84. The molecule has 0 aliphatic carbocycles. The fourth-order valence-electron chi connectivity index (χ4n) is 3.92. The van der Waals surface area contributed by atoms with Crippen LogP contribution in [0.15, 0.2) is 48.5 Å². The van der Waals surface area contributed by atoms with Crippen molar-refractivity contribution in [3.63, 3.8) is 0 Å². The van der Waals surface area contributed by atoms with Gasteiger partial charge in [-0.15, -0.1) is 0 Å². The molecule has 0 atom stereocenters. The van der Waals surface area contributed by atoms with E-state index < -0.39 is 10.4 Å². The van der Waals surface area contributed by atoms with Crippen LogP contribution in [0.1, 0.15) is 11.1 Å². The molecule has 2 fully saturated rings. The fourth-order valence-corrected chi connectivity index (χ4v) is 3.92. The van der Waals surface area contributed by atoms with E-state index in [2.05, 4.69) is 72.2 Å². The Morgan fingerprint density at radius 3 is 1.11 bits per heavy atom. The smallest absolute Gasteiger partial charge is 0.370 e. The monoisotopic (exact) mass is 534 g/mol. The summed E-state index contributed by atoms with van der Waals surface area (Å²) in [4.78, 5) is 8.48. The summed E-state index contributed by atoms with van der Waals surface area (Å²) in [6, 6.07) is 17.1. The molecule has 2 aromatic rings. The average molecular weight is 535 g/mol. The molecule has 2 aliphatic heterocycles. The Labute approximate surface area is 219 Å². The van der Waals surface area contributed by atoms with Gasteiger partial charge in [-0.1, -0.05) is 35.4 Å². The van der Waals surface area contributed by atoms with Crippen LogP contribution in [-0.2, 0) is 10.4 Å². The quantitative estimate of drug-likeness (QED) is 0.187. The molecule has 0 unspecified atom stereocenters. The van der Waals surface area contributed by atoms with Crippen molar-refractivity contribution in [3.8, 4) is 0 Å². The molecule has 0 saturated carbocycles. The number of hydrogen-bond acceptors (Lipinski definition) is 6. The first-order valence-electron chi connectivity index (χ1n) is 11.8. The Morgan fingerprint density at radius 2 is 0.892 bits per heavy atom. The predicted molar refractivity (Wildman–Crippen MR) is 148 cm³/mol. The van der Waals surface area contributed by atoms with Crippen LogP contribution in [0.25, 0.3) is 0 Å². The molecular weight excluding hydrogens is 496 g/mol. The van der Waals surface area contributed by atoms with Crippen molar-refractivity contribution >= 4 is 33.7 Å². The van der Waals surface area contributed by atoms with E-state index in [9.17, 15) is 0 Å². The second-order valence-corrected chi connectivity index (χ2v) is 9.73. The van der Waals surface area contributed by atoms with E-state index in [4.69, 9.17) is 39.8 Å². The van der Waals surface area contributed by atoms with Gasteiger partial charge in [-0.25, -0.2) is 0 Å². The highest BCUT2D eigenvalue weighted by molar-refractivity contribution is 7.79. The van der Waals surface area contributed by atoms with E-state index in [1.807, 2.05) is 9.80 Å². The molecule has 0 radical (unpaired) electrons. The Hall–Kier alpha value is -3.55. The van der Waals surface area contributed by atoms with Gasteiger partial charge in [0.1, 0.15) is 0 Å². The molecule has 13 heteroatoms. The van der Waals surface area contributed by atoms with Gasteiger partial charge in [0.25, 0.3) is 0 Å². The van der Waals surface area contributed by atoms with E-state index in [0.29, 0.717) is 0 Å². The molecule has 4 rings (SSSR count). The highest BCUT2D eigenvalue weighted by atomic mass is 32.3. The molecule has 12 nitrogen and oxygen atoms in total. The minimum atomic E-state index is -4.67. The van der Waals surface area contributed by atoms with Crippen LogP contribution in [-0.4, -0.2) is 91.6 Å². The fraction of sp³-hybridized carbons (Fsp3) is 0.417. The predicted octanol–water partition coefficient (Wildman–Crippen LogP) is 1.37. The van der Waals surface area contributed by atoms with Crippen molar-refractivity contribution in [1.29, 1.82) is 10.8 Å². The number of rotatable bonds is 2. The van der Waals surface area contributed by atoms with Crippen molar-refractivity contribution in [2.24, 2.45) is 11.5 Å². The largest absolute Gasteiger partial charge is 0.394 e. The Balaban J connectivity index is 0.000000221. The lowest BCUT2D eigenvalue weighted by Crippen LogP contribution is -2.50. The Bertz CT molecular complexity index is 1030. The third kappa shape index (κ3) is 10.9. The highest BCUT2D eigenvalue weighted by Crippen LogP contribution is 2.17. The van der Waals surface area contributed by atoms with Crippen molar-refractivity contribution < 1.29 is 17.5 Å². The van der Waals surface area contributed by atoms with Crippen LogP contribution in [0, 0.1) is 24.7 Å². The minimum absolute atomic E-state index is 0.184. The van der Waals surface area contributed by atoms with E-state index >= 15 is 0 Å². The molecule has 37 heavy (non-hydrogen) atoms. The SMILES string of the molecule is Cc1ccc(N2CCN(C(=N)N)CC2)cc1.Cc1ccc(N2CCN(C(=N)N)CC2)cc1.O=S(=O)(O)O. The molecule has 204 valence electrons. The van der Waals surface area contributed by atoms with Gasteiger partial charge in [-0.3, -0.25) is 19.9 Å². The maximum atomic E-state index is 8.74. The number of hydrogen-bond donors (Lipinski definition) is 6. The second kappa shape index (κ2) is 13.7. The zero-order chi connectivity index (χ0) is 27.6. The van der Waals surface area contributed by atoms with E-state index in [0.717, 1.165) is 52.4 Å². The van der Waals surface area contributed by atoms with Gasteiger partial charge in [-0.2, -0.15) is 8.42 Å². The lowest BCUT2D eigenvalue weighted by molar-refractivity contribution is 0.380. The number of nitrogens with two attached hydrogens (primary N) is 2. The zero-order valence-corrected chi connectivity index (χ0v) is 22.2. The molecule has 0 amide bonds. The first-order chi connectivity index (χ1) is 17.3. The summed E-state index contributed by atoms with van der Waals surface area (Å²) >= 11 is 0. The number of anilines is 2. The standard InChI is InChI=1S/2C12H18N4.H2O4S/c2*1-10-2-4-11(5-3-10)15-6-8-16(9-7-15)12(13)14;1-5(2,3)4/h2*2-5H,6-9H2,1H3,(H3,13,14);(H2,1,2,3,4). The minimum Gasteiger partial charge on any atom is -0.370 e. The van der Waals surface area contributed by atoms with Crippen molar-refractivity contribution in [2.45, 2.75) is 13.8 Å². The number of nitrogens with zero attached hydrogens (tertiary/aromatic N) is 4. The van der Waals surface area contributed by atoms with E-state index in [1.165, 1.54) is 22.5 Å². The number of aryl methyl sites for hydroxylation is 2. The van der Waals surface area contributed by atoms with Gasteiger partial charge in [-0.05, 0) is 38.1 Å². The first kappa shape index (κ1) is 29.7. The molecule has 2 saturated heterocycles. The zero-order valence-electron chi connectivity index (χ0n) is 21.3. The van der Waals surface area contributed by atoms with Gasteiger partial charge in [0, 0.05) is 63.7 Å². The molecule has 0 aromatic heterocycles. The van der Waals surface area contributed by atoms with Crippen LogP contribution in [0.4, 0.5) is 11.4 Å². The summed E-state index contributed by atoms with van der Waals surface area (Å²) in [7, 11) is -4.67. The lowest BCUT2D eigenvalue weighted by Gasteiger charge is -2.36. The van der Waals surface area contributed by atoms with E-state index in [-0.39, 0.29) is 11.9 Å². The van der Waals surface area contributed by atoms with Crippen LogP contribution in [0.2, 0.25) is 0 Å². The van der Waals surface area contributed by atoms with Gasteiger partial charge in [0.15, 0.2) is 11.9 Å². The summed E-state index contributed by atoms with van der Waals surface area (Å²) in [5.74, 6) is 0.368. The lowest BCUT2D eigenvalue weighted by atomic mass is 10.2. The first-order valence-corrected chi connectivity index (χ1v) is 13.2. The van der Waals surface area contributed by atoms with Crippen LogP contribution < -0.4 is 21.3 Å².